The van der Waals surface area contributed by atoms with Crippen LogP contribution in [0.4, 0.5) is 50.6 Å². The van der Waals surface area contributed by atoms with Gasteiger partial charge in [-0.05, 0) is 146 Å². The van der Waals surface area contributed by atoms with E-state index in [-0.39, 0.29) is 23.6 Å². The van der Waals surface area contributed by atoms with Gasteiger partial charge in [0, 0.05) is 117 Å². The summed E-state index contributed by atoms with van der Waals surface area (Å²) in [4.78, 5) is 80.8. The number of amides is 4. The molecule has 0 bridgehead atoms. The molecule has 494 valence electrons. The van der Waals surface area contributed by atoms with Gasteiger partial charge < -0.3 is 47.9 Å². The number of benzene rings is 4. The van der Waals surface area contributed by atoms with Crippen molar-refractivity contribution in [3.05, 3.63) is 169 Å². The van der Waals surface area contributed by atoms with Gasteiger partial charge in [0.15, 0.2) is 18.2 Å². The molecule has 0 aliphatic heterocycles. The lowest BCUT2D eigenvalue weighted by Gasteiger charge is -2.29. The molecule has 1 aliphatic carbocycles. The molecule has 13 rings (SSSR count). The van der Waals surface area contributed by atoms with Crippen molar-refractivity contribution in [3.63, 3.8) is 0 Å². The summed E-state index contributed by atoms with van der Waals surface area (Å²) in [6.07, 6.45) is 16.8. The summed E-state index contributed by atoms with van der Waals surface area (Å²) in [6.45, 7) is 2.33. The zero-order valence-electron chi connectivity index (χ0n) is 53.2. The summed E-state index contributed by atoms with van der Waals surface area (Å²) in [5.74, 6) is -0.178. The first-order valence-electron chi connectivity index (χ1n) is 29.9. The summed E-state index contributed by atoms with van der Waals surface area (Å²) in [5, 5.41) is 28.0. The fourth-order valence-electron chi connectivity index (χ4n) is 9.74. The third-order valence-electron chi connectivity index (χ3n) is 14.6. The number of carbonyl (C=O) groups excluding carboxylic acids is 4. The molecule has 0 spiro atoms. The average molecular weight is 1420 g/mol. The van der Waals surface area contributed by atoms with Crippen molar-refractivity contribution in [2.24, 2.45) is 5.92 Å². The van der Waals surface area contributed by atoms with Gasteiger partial charge in [0.2, 0.25) is 0 Å². The van der Waals surface area contributed by atoms with Crippen molar-refractivity contribution in [1.82, 2.24) is 61.1 Å². The Morgan fingerprint density at radius 2 is 0.750 bits per heavy atom. The van der Waals surface area contributed by atoms with Gasteiger partial charge in [-0.15, -0.1) is 34.0 Å². The van der Waals surface area contributed by atoms with E-state index < -0.39 is 21.6 Å². The normalized spacial score (nSPS) is 13.9. The smallest absolute Gasteiger partial charge is 0.269 e. The zero-order valence-corrected chi connectivity index (χ0v) is 58.9. The summed E-state index contributed by atoms with van der Waals surface area (Å²) < 4.78 is 29.5. The van der Waals surface area contributed by atoms with Gasteiger partial charge in [-0.3, -0.25) is 47.5 Å². The van der Waals surface area contributed by atoms with Crippen LogP contribution < -0.4 is 47.9 Å². The van der Waals surface area contributed by atoms with E-state index in [0.717, 1.165) is 95.8 Å². The molecule has 1 aliphatic rings. The first-order valence-corrected chi connectivity index (χ1v) is 37.5. The maximum absolute atomic E-state index is 11.8. The fourth-order valence-corrected chi connectivity index (χ4v) is 15.6. The van der Waals surface area contributed by atoms with Gasteiger partial charge in [0.1, 0.15) is 22.8 Å². The number of hydrogen-bond donors (Lipinski definition) is 9. The summed E-state index contributed by atoms with van der Waals surface area (Å²) in [6, 6.07) is 38.2. The largest absolute Gasteiger partial charge is 0.358 e. The lowest BCUT2D eigenvalue weighted by Crippen LogP contribution is -2.30. The second kappa shape index (κ2) is 32.8. The lowest BCUT2D eigenvalue weighted by molar-refractivity contribution is 0.0950. The fraction of sp³-hybridized carbons (Fsp3) is 0.212. The van der Waals surface area contributed by atoms with Gasteiger partial charge >= 0.3 is 0 Å². The third kappa shape index (κ3) is 18.3. The second-order valence-corrected chi connectivity index (χ2v) is 29.6. The number of anilines is 9. The van der Waals surface area contributed by atoms with Crippen molar-refractivity contribution in [2.75, 3.05) is 73.5 Å². The number of pyridine rings is 4. The Morgan fingerprint density at radius 1 is 0.427 bits per heavy atom. The standard InChI is InChI=1S/C21H25N5OS.2C15H14N4O2S2.C15H14N4OS2/c1-13-5-3-4-6-16(13)25-21-26-17-8-7-14(12-19(17)28-21)24-15-9-10-23-18(11-15)20(27)22-2;2*1-16-14(20)12-7-10(5-6-17-12)18-9-3-4-11-13(8-9)22-15(19-11)23(2)21;1-16-14(20)12-7-10(5-6-17-12)18-9-3-4-11-13(8-9)22-15(19-11)21-2/h7-13,16H,3-6H2,1-2H3,(H,22,27)(H,23,24)(H,25,26);2*3-8H,1-2H3,(H,16,20)(H,17,18);3-8H,1-2H3,(H,16,20)(H,17,18)/t13-,16-;;;/m1.../s1. The number of rotatable bonds is 17. The van der Waals surface area contributed by atoms with E-state index in [1.54, 1.807) is 136 Å². The Balaban J connectivity index is 0.000000140. The van der Waals surface area contributed by atoms with Crippen molar-refractivity contribution in [1.29, 1.82) is 0 Å². The number of thioether (sulfide) groups is 1. The molecule has 4 amide bonds. The van der Waals surface area contributed by atoms with Crippen LogP contribution in [-0.4, -0.2) is 125 Å². The molecule has 4 atom stereocenters. The highest BCUT2D eigenvalue weighted by Crippen LogP contribution is 2.35. The van der Waals surface area contributed by atoms with Crippen LogP contribution in [0.1, 0.15) is 74.6 Å². The van der Waals surface area contributed by atoms with E-state index in [2.05, 4.69) is 102 Å². The minimum Gasteiger partial charge on any atom is -0.358 e. The van der Waals surface area contributed by atoms with Crippen LogP contribution in [0.15, 0.2) is 159 Å². The summed E-state index contributed by atoms with van der Waals surface area (Å²) in [7, 11) is 4.16. The highest BCUT2D eigenvalue weighted by atomic mass is 32.2. The van der Waals surface area contributed by atoms with Gasteiger partial charge in [-0.25, -0.2) is 19.9 Å². The van der Waals surface area contributed by atoms with Crippen molar-refractivity contribution >= 4 is 194 Å². The van der Waals surface area contributed by atoms with E-state index in [1.807, 2.05) is 79.1 Å². The van der Waals surface area contributed by atoms with E-state index in [4.69, 9.17) is 4.98 Å². The van der Waals surface area contributed by atoms with Crippen molar-refractivity contribution < 1.29 is 27.6 Å². The number of carbonyl (C=O) groups is 4. The number of hydrogen-bond acceptors (Lipinski definition) is 24. The minimum absolute atomic E-state index is 0.200. The van der Waals surface area contributed by atoms with Gasteiger partial charge in [0.25, 0.3) is 23.6 Å². The van der Waals surface area contributed by atoms with Crippen molar-refractivity contribution in [2.45, 2.75) is 51.7 Å². The van der Waals surface area contributed by atoms with Gasteiger partial charge in [-0.1, -0.05) is 42.9 Å². The molecule has 1 fully saturated rings. The molecular weight excluding hydrogens is 1350 g/mol. The molecule has 9 N–H and O–H groups in total. The molecular formula is C66H67N17O6S7. The predicted molar refractivity (Wildman–Crippen MR) is 394 cm³/mol. The maximum atomic E-state index is 11.8. The average Bonchev–Trinajstić information content (AvgIpc) is 1.75. The highest BCUT2D eigenvalue weighted by Gasteiger charge is 2.22. The molecule has 4 aromatic carbocycles. The van der Waals surface area contributed by atoms with Gasteiger partial charge in [0.05, 0.1) is 62.5 Å². The SMILES string of the molecule is CNC(=O)c1cc(Nc2ccc3nc(N[C@@H]4CCCC[C@H]4C)sc3c2)ccn1.CNC(=O)c1cc(Nc2ccc3nc(S(C)=O)sc3c2)ccn1.CNC(=O)c1cc(Nc2ccc3nc(S(C)=O)sc3c2)ccn1.CNC(=O)c1cc(Nc2ccc3nc(SC)sc3c2)ccn1. The third-order valence-corrected chi connectivity index (χ3v) is 22.3. The molecule has 12 aromatic rings. The molecule has 0 radical (unpaired) electrons. The van der Waals surface area contributed by atoms with Crippen LogP contribution in [0.2, 0.25) is 0 Å². The quantitative estimate of drug-likeness (QED) is 0.0383. The predicted octanol–water partition coefficient (Wildman–Crippen LogP) is 13.4. The summed E-state index contributed by atoms with van der Waals surface area (Å²) >= 11 is 7.83. The Morgan fingerprint density at radius 3 is 1.09 bits per heavy atom. The molecule has 2 unspecified atom stereocenters. The lowest BCUT2D eigenvalue weighted by atomic mass is 9.86. The number of aromatic nitrogens is 8. The Labute approximate surface area is 578 Å². The van der Waals surface area contributed by atoms with Gasteiger partial charge in [-0.2, -0.15) is 0 Å². The molecule has 30 heteroatoms. The van der Waals surface area contributed by atoms with Crippen molar-refractivity contribution in [3.8, 4) is 0 Å². The van der Waals surface area contributed by atoms with Crippen LogP contribution >= 0.6 is 57.1 Å². The second-order valence-electron chi connectivity index (χ2n) is 21.3. The first-order chi connectivity index (χ1) is 46.4. The topological polar surface area (TPSA) is 314 Å². The molecule has 8 heterocycles. The monoisotopic (exact) mass is 1420 g/mol. The van der Waals surface area contributed by atoms with E-state index in [9.17, 15) is 27.6 Å². The van der Waals surface area contributed by atoms with Crippen LogP contribution in [0.25, 0.3) is 40.9 Å². The molecule has 1 saturated carbocycles. The molecule has 0 saturated heterocycles. The Hall–Kier alpha value is -9.43. The number of fused-ring (bicyclic) bond motifs is 4. The van der Waals surface area contributed by atoms with Crippen LogP contribution in [-0.2, 0) is 21.6 Å². The number of nitrogens with one attached hydrogen (secondary N) is 9. The summed E-state index contributed by atoms with van der Waals surface area (Å²) in [5.41, 5.74) is 11.9. The van der Waals surface area contributed by atoms with E-state index in [1.165, 1.54) is 48.4 Å². The minimum atomic E-state index is -1.08. The van der Waals surface area contributed by atoms with E-state index in [0.29, 0.717) is 43.4 Å². The number of thiazole rings is 4. The molecule has 23 nitrogen and oxygen atoms in total. The zero-order chi connectivity index (χ0) is 67.8. The van der Waals surface area contributed by atoms with Crippen LogP contribution in [0.3, 0.4) is 0 Å². The maximum Gasteiger partial charge on any atom is 0.269 e. The van der Waals surface area contributed by atoms with Crippen LogP contribution in [0, 0.1) is 5.92 Å². The Kier molecular flexibility index (Phi) is 23.7. The van der Waals surface area contributed by atoms with Crippen LogP contribution in [0.5, 0.6) is 0 Å². The first kappa shape index (κ1) is 69.4. The van der Waals surface area contributed by atoms with E-state index >= 15 is 0 Å². The molecule has 96 heavy (non-hydrogen) atoms. The highest BCUT2D eigenvalue weighted by molar-refractivity contribution is 8.00. The molecule has 8 aromatic heterocycles. The Bertz CT molecular complexity index is 4680. The number of nitrogens with zero attached hydrogens (tertiary/aromatic N) is 8.